The standard InChI is InChI=1S/C25H32N2O3/c1-6-26(5)25(29)18(4)30-21-13-12-19-14-15-27(24(28)17(2)3)23(22(19)16-21)20-10-8-7-9-11-20/h7-13,16-18,23H,6,14-15H2,1-5H3. The number of hydrogen-bond acceptors (Lipinski definition) is 3. The molecule has 1 heterocycles. The molecule has 2 aromatic carbocycles. The summed E-state index contributed by atoms with van der Waals surface area (Å²) in [5, 5.41) is 0. The second-order valence-electron chi connectivity index (χ2n) is 8.22. The number of rotatable bonds is 6. The van der Waals surface area contributed by atoms with Crippen LogP contribution in [-0.4, -0.2) is 47.9 Å². The molecule has 30 heavy (non-hydrogen) atoms. The summed E-state index contributed by atoms with van der Waals surface area (Å²) < 4.78 is 6.00. The molecule has 0 aromatic heterocycles. The Morgan fingerprint density at radius 3 is 2.47 bits per heavy atom. The zero-order valence-corrected chi connectivity index (χ0v) is 18.6. The minimum atomic E-state index is -0.569. The van der Waals surface area contributed by atoms with Gasteiger partial charge in [0.1, 0.15) is 5.75 Å². The first kappa shape index (κ1) is 21.9. The van der Waals surface area contributed by atoms with Crippen LogP contribution in [0, 0.1) is 5.92 Å². The summed E-state index contributed by atoms with van der Waals surface area (Å²) in [4.78, 5) is 29.0. The molecule has 2 atom stereocenters. The van der Waals surface area contributed by atoms with Crippen LogP contribution < -0.4 is 4.74 Å². The summed E-state index contributed by atoms with van der Waals surface area (Å²) in [6.07, 6.45) is 0.241. The Hall–Kier alpha value is -2.82. The molecule has 1 aliphatic rings. The van der Waals surface area contributed by atoms with E-state index < -0.39 is 6.10 Å². The SMILES string of the molecule is CCN(C)C(=O)C(C)Oc1ccc2c(c1)C(c1ccccc1)N(C(=O)C(C)C)CC2. The lowest BCUT2D eigenvalue weighted by Crippen LogP contribution is -2.42. The first-order valence-electron chi connectivity index (χ1n) is 10.7. The molecule has 0 saturated heterocycles. The number of likely N-dealkylation sites (N-methyl/N-ethyl adjacent to an activating group) is 1. The van der Waals surface area contributed by atoms with Crippen LogP contribution in [0.5, 0.6) is 5.75 Å². The van der Waals surface area contributed by atoms with Crippen molar-refractivity contribution < 1.29 is 14.3 Å². The van der Waals surface area contributed by atoms with Crippen LogP contribution in [0.4, 0.5) is 0 Å². The lowest BCUT2D eigenvalue weighted by molar-refractivity contribution is -0.137. The molecule has 0 bridgehead atoms. The van der Waals surface area contributed by atoms with Gasteiger partial charge in [-0.05, 0) is 49.1 Å². The van der Waals surface area contributed by atoms with Gasteiger partial charge in [-0.2, -0.15) is 0 Å². The monoisotopic (exact) mass is 408 g/mol. The Balaban J connectivity index is 1.97. The molecule has 160 valence electrons. The summed E-state index contributed by atoms with van der Waals surface area (Å²) in [6, 6.07) is 16.0. The van der Waals surface area contributed by atoms with Gasteiger partial charge in [0.05, 0.1) is 6.04 Å². The van der Waals surface area contributed by atoms with E-state index in [2.05, 4.69) is 18.2 Å². The summed E-state index contributed by atoms with van der Waals surface area (Å²) in [5.74, 6) is 0.679. The highest BCUT2D eigenvalue weighted by Gasteiger charge is 2.33. The van der Waals surface area contributed by atoms with Gasteiger partial charge in [0.2, 0.25) is 5.91 Å². The van der Waals surface area contributed by atoms with Crippen molar-refractivity contribution in [1.82, 2.24) is 9.80 Å². The van der Waals surface area contributed by atoms with E-state index in [0.717, 1.165) is 17.5 Å². The highest BCUT2D eigenvalue weighted by molar-refractivity contribution is 5.81. The van der Waals surface area contributed by atoms with Crippen LogP contribution in [0.3, 0.4) is 0 Å². The van der Waals surface area contributed by atoms with E-state index in [0.29, 0.717) is 18.8 Å². The van der Waals surface area contributed by atoms with Gasteiger partial charge >= 0.3 is 0 Å². The maximum absolute atomic E-state index is 13.0. The van der Waals surface area contributed by atoms with Crippen LogP contribution in [0.2, 0.25) is 0 Å². The van der Waals surface area contributed by atoms with E-state index in [1.165, 1.54) is 5.56 Å². The number of amides is 2. The smallest absolute Gasteiger partial charge is 0.263 e. The normalized spacial score (nSPS) is 16.7. The number of fused-ring (bicyclic) bond motifs is 1. The maximum Gasteiger partial charge on any atom is 0.263 e. The van der Waals surface area contributed by atoms with E-state index >= 15 is 0 Å². The number of nitrogens with zero attached hydrogens (tertiary/aromatic N) is 2. The second kappa shape index (κ2) is 9.33. The van der Waals surface area contributed by atoms with Gasteiger partial charge in [-0.25, -0.2) is 0 Å². The van der Waals surface area contributed by atoms with Gasteiger partial charge in [0, 0.05) is 26.1 Å². The molecule has 5 heteroatoms. The van der Waals surface area contributed by atoms with Crippen molar-refractivity contribution in [2.24, 2.45) is 5.92 Å². The van der Waals surface area contributed by atoms with E-state index in [-0.39, 0.29) is 23.8 Å². The van der Waals surface area contributed by atoms with Crippen molar-refractivity contribution >= 4 is 11.8 Å². The van der Waals surface area contributed by atoms with E-state index in [4.69, 9.17) is 4.74 Å². The predicted octanol–water partition coefficient (Wildman–Crippen LogP) is 4.06. The van der Waals surface area contributed by atoms with Gasteiger partial charge in [-0.1, -0.05) is 50.2 Å². The van der Waals surface area contributed by atoms with Gasteiger partial charge in [0.25, 0.3) is 5.91 Å². The van der Waals surface area contributed by atoms with E-state index in [1.54, 1.807) is 18.9 Å². The summed E-state index contributed by atoms with van der Waals surface area (Å²) in [6.45, 7) is 8.93. The van der Waals surface area contributed by atoms with Crippen LogP contribution in [0.1, 0.15) is 50.4 Å². The third kappa shape index (κ3) is 4.50. The quantitative estimate of drug-likeness (QED) is 0.724. The minimum Gasteiger partial charge on any atom is -0.481 e. The Labute approximate surface area is 179 Å². The Morgan fingerprint density at radius 2 is 1.83 bits per heavy atom. The van der Waals surface area contributed by atoms with Crippen molar-refractivity contribution in [1.29, 1.82) is 0 Å². The zero-order valence-electron chi connectivity index (χ0n) is 18.6. The lowest BCUT2D eigenvalue weighted by atomic mass is 9.87. The summed E-state index contributed by atoms with van der Waals surface area (Å²) in [7, 11) is 1.77. The Bertz CT molecular complexity index is 895. The summed E-state index contributed by atoms with van der Waals surface area (Å²) in [5.41, 5.74) is 3.37. The molecule has 0 N–H and O–H groups in total. The van der Waals surface area contributed by atoms with Gasteiger partial charge in [0.15, 0.2) is 6.10 Å². The second-order valence-corrected chi connectivity index (χ2v) is 8.22. The molecule has 5 nitrogen and oxygen atoms in total. The fraction of sp³-hybridized carbons (Fsp3) is 0.440. The van der Waals surface area contributed by atoms with Gasteiger partial charge in [-0.3, -0.25) is 9.59 Å². The predicted molar refractivity (Wildman–Crippen MR) is 118 cm³/mol. The third-order valence-corrected chi connectivity index (χ3v) is 5.75. The van der Waals surface area contributed by atoms with Crippen LogP contribution in [-0.2, 0) is 16.0 Å². The molecule has 2 amide bonds. The number of hydrogen-bond donors (Lipinski definition) is 0. The molecule has 0 fully saturated rings. The number of carbonyl (C=O) groups excluding carboxylic acids is 2. The molecule has 0 aliphatic carbocycles. The van der Waals surface area contributed by atoms with Crippen LogP contribution >= 0.6 is 0 Å². The van der Waals surface area contributed by atoms with Crippen molar-refractivity contribution in [3.05, 3.63) is 65.2 Å². The number of ether oxygens (including phenoxy) is 1. The molecule has 1 aliphatic heterocycles. The van der Waals surface area contributed by atoms with Crippen molar-refractivity contribution in [3.63, 3.8) is 0 Å². The van der Waals surface area contributed by atoms with Crippen LogP contribution in [0.25, 0.3) is 0 Å². The van der Waals surface area contributed by atoms with E-state index in [9.17, 15) is 9.59 Å². The molecule has 2 aromatic rings. The molecule has 0 radical (unpaired) electrons. The van der Waals surface area contributed by atoms with Crippen LogP contribution in [0.15, 0.2) is 48.5 Å². The van der Waals surface area contributed by atoms with E-state index in [1.807, 2.05) is 56.0 Å². The molecular formula is C25H32N2O3. The molecule has 3 rings (SSSR count). The first-order valence-corrected chi connectivity index (χ1v) is 10.7. The lowest BCUT2D eigenvalue weighted by Gasteiger charge is -2.39. The number of benzene rings is 2. The van der Waals surface area contributed by atoms with Crippen molar-refractivity contribution in [2.45, 2.75) is 46.3 Å². The third-order valence-electron chi connectivity index (χ3n) is 5.75. The topological polar surface area (TPSA) is 49.9 Å². The first-order chi connectivity index (χ1) is 14.3. The average molecular weight is 409 g/mol. The highest BCUT2D eigenvalue weighted by atomic mass is 16.5. The fourth-order valence-corrected chi connectivity index (χ4v) is 3.95. The highest BCUT2D eigenvalue weighted by Crippen LogP contribution is 2.38. The fourth-order valence-electron chi connectivity index (χ4n) is 3.95. The van der Waals surface area contributed by atoms with Gasteiger partial charge in [-0.15, -0.1) is 0 Å². The summed E-state index contributed by atoms with van der Waals surface area (Å²) >= 11 is 0. The Kier molecular flexibility index (Phi) is 6.80. The average Bonchev–Trinajstić information content (AvgIpc) is 2.77. The molecule has 2 unspecified atom stereocenters. The zero-order chi connectivity index (χ0) is 21.8. The molecular weight excluding hydrogens is 376 g/mol. The van der Waals surface area contributed by atoms with Gasteiger partial charge < -0.3 is 14.5 Å². The van der Waals surface area contributed by atoms with Crippen molar-refractivity contribution in [2.75, 3.05) is 20.1 Å². The van der Waals surface area contributed by atoms with Crippen molar-refractivity contribution in [3.8, 4) is 5.75 Å². The molecule has 0 spiro atoms. The maximum atomic E-state index is 13.0. The molecule has 0 saturated carbocycles. The number of carbonyl (C=O) groups is 2. The Morgan fingerprint density at radius 1 is 1.13 bits per heavy atom. The largest absolute Gasteiger partial charge is 0.481 e. The minimum absolute atomic E-state index is 0.0496.